The highest BCUT2D eigenvalue weighted by atomic mass is 16.2. The molecule has 0 N–H and O–H groups in total. The number of likely N-dealkylation sites (N-methyl/N-ethyl adjacent to an activating group) is 2. The van der Waals surface area contributed by atoms with E-state index in [0.717, 1.165) is 15.9 Å². The molecule has 0 bridgehead atoms. The van der Waals surface area contributed by atoms with E-state index in [1.54, 1.807) is 42.1 Å². The van der Waals surface area contributed by atoms with E-state index in [1.165, 1.54) is 11.9 Å². The van der Waals surface area contributed by atoms with Crippen LogP contribution in [0.5, 0.6) is 0 Å². The summed E-state index contributed by atoms with van der Waals surface area (Å²) >= 11 is 0. The van der Waals surface area contributed by atoms with Gasteiger partial charge in [-0.25, -0.2) is 4.79 Å². The van der Waals surface area contributed by atoms with Crippen LogP contribution in [0.2, 0.25) is 0 Å². The van der Waals surface area contributed by atoms with Gasteiger partial charge < -0.3 is 9.80 Å². The van der Waals surface area contributed by atoms with Crippen LogP contribution in [0.3, 0.4) is 0 Å². The molecule has 2 aliphatic rings. The minimum absolute atomic E-state index is 0.122. The van der Waals surface area contributed by atoms with Crippen molar-refractivity contribution >= 4 is 28.9 Å². The fraction of sp³-hybridized carbons (Fsp3) is 0.471. The summed E-state index contributed by atoms with van der Waals surface area (Å²) in [5.74, 6) is -0.307. The van der Waals surface area contributed by atoms with Crippen molar-refractivity contribution in [3.8, 4) is 0 Å². The largest absolute Gasteiger partial charge is 0.338 e. The third-order valence-corrected chi connectivity index (χ3v) is 5.64. The molecular formula is C17H20N6O3. The summed E-state index contributed by atoms with van der Waals surface area (Å²) in [5.41, 5.74) is 1.20. The Bertz CT molecular complexity index is 928. The van der Waals surface area contributed by atoms with Gasteiger partial charge in [0.2, 0.25) is 0 Å². The van der Waals surface area contributed by atoms with E-state index in [1.807, 2.05) is 0 Å². The molecule has 2 fully saturated rings. The predicted molar refractivity (Wildman–Crippen MR) is 92.3 cm³/mol. The standard InChI is InChI=1S/C17H20N6O3/c1-20-15(25)17(21(2)16(20)26)4-6-23(7-5-17)14(24)11-8-13-12(18-9-11)10-19-22(13)3/h8-10H,4-7H2,1-3H3. The number of imide groups is 1. The molecule has 0 aromatic carbocycles. The van der Waals surface area contributed by atoms with Gasteiger partial charge in [0.25, 0.3) is 11.8 Å². The lowest BCUT2D eigenvalue weighted by atomic mass is 9.86. The van der Waals surface area contributed by atoms with Crippen molar-refractivity contribution in [1.82, 2.24) is 29.5 Å². The first-order valence-corrected chi connectivity index (χ1v) is 8.48. The van der Waals surface area contributed by atoms with E-state index in [2.05, 4.69) is 10.1 Å². The van der Waals surface area contributed by atoms with E-state index in [9.17, 15) is 14.4 Å². The number of pyridine rings is 1. The summed E-state index contributed by atoms with van der Waals surface area (Å²) in [6, 6.07) is 1.49. The molecule has 0 unspecified atom stereocenters. The summed E-state index contributed by atoms with van der Waals surface area (Å²) < 4.78 is 1.68. The van der Waals surface area contributed by atoms with Crippen LogP contribution in [0.4, 0.5) is 4.79 Å². The number of likely N-dealkylation sites (tertiary alicyclic amines) is 1. The Morgan fingerprint density at radius 1 is 1.12 bits per heavy atom. The van der Waals surface area contributed by atoms with Crippen LogP contribution in [0, 0.1) is 0 Å². The Balaban J connectivity index is 1.54. The Labute approximate surface area is 150 Å². The van der Waals surface area contributed by atoms with Crippen LogP contribution in [0.15, 0.2) is 18.5 Å². The summed E-state index contributed by atoms with van der Waals surface area (Å²) in [6.07, 6.45) is 4.08. The highest BCUT2D eigenvalue weighted by Gasteiger charge is 2.55. The molecule has 0 radical (unpaired) electrons. The van der Waals surface area contributed by atoms with Crippen LogP contribution in [-0.4, -0.2) is 80.0 Å². The number of rotatable bonds is 1. The van der Waals surface area contributed by atoms with Crippen molar-refractivity contribution in [2.75, 3.05) is 27.2 Å². The maximum absolute atomic E-state index is 12.9. The zero-order valence-electron chi connectivity index (χ0n) is 15.0. The fourth-order valence-electron chi connectivity index (χ4n) is 3.91. The number of hydrogen-bond donors (Lipinski definition) is 0. The Kier molecular flexibility index (Phi) is 3.50. The molecule has 4 rings (SSSR count). The molecule has 2 saturated heterocycles. The first-order valence-electron chi connectivity index (χ1n) is 8.48. The molecule has 0 aliphatic carbocycles. The number of urea groups is 1. The minimum Gasteiger partial charge on any atom is -0.338 e. The lowest BCUT2D eigenvalue weighted by molar-refractivity contribution is -0.134. The number of aromatic nitrogens is 3. The topological polar surface area (TPSA) is 91.6 Å². The van der Waals surface area contributed by atoms with Gasteiger partial charge in [0.05, 0.1) is 17.3 Å². The Morgan fingerprint density at radius 3 is 2.42 bits per heavy atom. The number of aryl methyl sites for hydroxylation is 1. The number of fused-ring (bicyclic) bond motifs is 1. The zero-order chi connectivity index (χ0) is 18.6. The molecule has 4 amide bonds. The maximum Gasteiger partial charge on any atom is 0.327 e. The average molecular weight is 356 g/mol. The van der Waals surface area contributed by atoms with Gasteiger partial charge in [-0.1, -0.05) is 0 Å². The van der Waals surface area contributed by atoms with Crippen molar-refractivity contribution in [3.63, 3.8) is 0 Å². The second kappa shape index (κ2) is 5.52. The maximum atomic E-state index is 12.9. The summed E-state index contributed by atoms with van der Waals surface area (Å²) in [4.78, 5) is 46.2. The highest BCUT2D eigenvalue weighted by molar-refractivity contribution is 6.07. The van der Waals surface area contributed by atoms with Crippen molar-refractivity contribution in [2.24, 2.45) is 7.05 Å². The SMILES string of the molecule is CN1C(=O)N(C)C2(CCN(C(=O)c3cnc4cnn(C)c4c3)CC2)C1=O. The van der Waals surface area contributed by atoms with E-state index in [-0.39, 0.29) is 17.8 Å². The normalized spacial score (nSPS) is 19.9. The molecule has 4 heterocycles. The molecule has 26 heavy (non-hydrogen) atoms. The van der Waals surface area contributed by atoms with Gasteiger partial charge in [-0.05, 0) is 18.9 Å². The molecule has 1 spiro atoms. The summed E-state index contributed by atoms with van der Waals surface area (Å²) in [7, 11) is 4.96. The van der Waals surface area contributed by atoms with Crippen LogP contribution in [0.1, 0.15) is 23.2 Å². The van der Waals surface area contributed by atoms with Crippen molar-refractivity contribution in [3.05, 3.63) is 24.0 Å². The lowest BCUT2D eigenvalue weighted by Gasteiger charge is -2.40. The Morgan fingerprint density at radius 2 is 1.81 bits per heavy atom. The van der Waals surface area contributed by atoms with Crippen LogP contribution < -0.4 is 0 Å². The smallest absolute Gasteiger partial charge is 0.327 e. The number of nitrogens with zero attached hydrogens (tertiary/aromatic N) is 6. The van der Waals surface area contributed by atoms with Gasteiger partial charge in [-0.3, -0.25) is 24.2 Å². The number of hydrogen-bond acceptors (Lipinski definition) is 5. The number of piperidine rings is 1. The van der Waals surface area contributed by atoms with Gasteiger partial charge in [0.1, 0.15) is 11.1 Å². The van der Waals surface area contributed by atoms with E-state index >= 15 is 0 Å². The minimum atomic E-state index is -0.827. The van der Waals surface area contributed by atoms with Crippen LogP contribution >= 0.6 is 0 Å². The molecule has 2 aliphatic heterocycles. The second-order valence-corrected chi connectivity index (χ2v) is 6.93. The van der Waals surface area contributed by atoms with Gasteiger partial charge in [-0.15, -0.1) is 0 Å². The predicted octanol–water partition coefficient (Wildman–Crippen LogP) is 0.467. The van der Waals surface area contributed by atoms with E-state index in [4.69, 9.17) is 0 Å². The quantitative estimate of drug-likeness (QED) is 0.693. The molecule has 9 heteroatoms. The van der Waals surface area contributed by atoms with Gasteiger partial charge in [-0.2, -0.15) is 5.10 Å². The number of carbonyl (C=O) groups is 3. The highest BCUT2D eigenvalue weighted by Crippen LogP contribution is 2.35. The van der Waals surface area contributed by atoms with E-state index < -0.39 is 5.54 Å². The number of amides is 4. The Hall–Kier alpha value is -2.97. The third kappa shape index (κ3) is 2.12. The number of carbonyl (C=O) groups excluding carboxylic acids is 3. The molecule has 136 valence electrons. The van der Waals surface area contributed by atoms with Crippen LogP contribution in [-0.2, 0) is 11.8 Å². The molecular weight excluding hydrogens is 336 g/mol. The fourth-order valence-corrected chi connectivity index (χ4v) is 3.91. The summed E-state index contributed by atoms with van der Waals surface area (Å²) in [5, 5.41) is 4.14. The van der Waals surface area contributed by atoms with Gasteiger partial charge in [0, 0.05) is 40.4 Å². The summed E-state index contributed by atoms with van der Waals surface area (Å²) in [6.45, 7) is 0.832. The van der Waals surface area contributed by atoms with Gasteiger partial charge >= 0.3 is 6.03 Å². The third-order valence-electron chi connectivity index (χ3n) is 5.64. The van der Waals surface area contributed by atoms with Crippen molar-refractivity contribution in [1.29, 1.82) is 0 Å². The second-order valence-electron chi connectivity index (χ2n) is 6.93. The monoisotopic (exact) mass is 356 g/mol. The zero-order valence-corrected chi connectivity index (χ0v) is 15.0. The average Bonchev–Trinajstić information content (AvgIpc) is 3.11. The van der Waals surface area contributed by atoms with Crippen molar-refractivity contribution < 1.29 is 14.4 Å². The molecule has 9 nitrogen and oxygen atoms in total. The molecule has 2 aromatic heterocycles. The molecule has 0 saturated carbocycles. The van der Waals surface area contributed by atoms with Gasteiger partial charge in [0.15, 0.2) is 0 Å². The lowest BCUT2D eigenvalue weighted by Crippen LogP contribution is -2.56. The molecule has 2 aromatic rings. The molecule has 0 atom stereocenters. The first-order chi connectivity index (χ1) is 12.3. The van der Waals surface area contributed by atoms with Crippen molar-refractivity contribution in [2.45, 2.75) is 18.4 Å². The van der Waals surface area contributed by atoms with Crippen LogP contribution in [0.25, 0.3) is 11.0 Å². The van der Waals surface area contributed by atoms with E-state index in [0.29, 0.717) is 31.5 Å². The first kappa shape index (κ1) is 16.5.